The molecule has 1 heterocycles. The third-order valence-corrected chi connectivity index (χ3v) is 6.17. The molecule has 0 bridgehead atoms. The maximum atomic E-state index is 14.3. The number of hydrogen-bond donors (Lipinski definition) is 5. The Labute approximate surface area is 199 Å². The predicted molar refractivity (Wildman–Crippen MR) is 118 cm³/mol. The van der Waals surface area contributed by atoms with Crippen LogP contribution in [0.3, 0.4) is 0 Å². The monoisotopic (exact) mass is 491 g/mol. The molecule has 10 nitrogen and oxygen atoms in total. The van der Waals surface area contributed by atoms with Crippen LogP contribution in [0.2, 0.25) is 0 Å². The number of aliphatic carboxylic acids is 1. The average molecular weight is 491 g/mol. The molecule has 2 aromatic carbocycles. The smallest absolute Gasteiger partial charge is 0.407 e. The fourth-order valence-electron chi connectivity index (χ4n) is 4.33. The lowest BCUT2D eigenvalue weighted by molar-refractivity contribution is -0.287. The SMILES string of the molecule is O=C(N[C@@H](CO[C@H]1O[C@H](CO)[C@@H](O)[C@H](O)[C@H]1F)C(=O)O)OCC1c2ccccc2-c2ccccc21. The van der Waals surface area contributed by atoms with E-state index in [0.717, 1.165) is 22.3 Å². The first kappa shape index (κ1) is 25.0. The Hall–Kier alpha value is -3.09. The summed E-state index contributed by atoms with van der Waals surface area (Å²) < 4.78 is 29.7. The molecule has 0 unspecified atom stereocenters. The Balaban J connectivity index is 1.35. The van der Waals surface area contributed by atoms with Gasteiger partial charge in [0.15, 0.2) is 18.5 Å². The summed E-state index contributed by atoms with van der Waals surface area (Å²) in [4.78, 5) is 24.0. The zero-order valence-corrected chi connectivity index (χ0v) is 18.5. The van der Waals surface area contributed by atoms with Gasteiger partial charge in [0, 0.05) is 5.92 Å². The number of fused-ring (bicyclic) bond motifs is 3. The molecule has 0 radical (unpaired) electrons. The van der Waals surface area contributed by atoms with Crippen molar-refractivity contribution in [2.24, 2.45) is 0 Å². The van der Waals surface area contributed by atoms with Crippen LogP contribution in [0.5, 0.6) is 0 Å². The molecule has 0 aromatic heterocycles. The molecule has 1 amide bonds. The summed E-state index contributed by atoms with van der Waals surface area (Å²) in [5.74, 6) is -1.69. The summed E-state index contributed by atoms with van der Waals surface area (Å²) in [5, 5.41) is 40.2. The van der Waals surface area contributed by atoms with Crippen molar-refractivity contribution in [3.63, 3.8) is 0 Å². The second-order valence-corrected chi connectivity index (χ2v) is 8.35. The van der Waals surface area contributed by atoms with E-state index in [1.165, 1.54) is 0 Å². The van der Waals surface area contributed by atoms with Crippen molar-refractivity contribution in [1.29, 1.82) is 0 Å². The predicted octanol–water partition coefficient (Wildman–Crippen LogP) is 0.772. The maximum Gasteiger partial charge on any atom is 0.407 e. The quantitative estimate of drug-likeness (QED) is 0.360. The summed E-state index contributed by atoms with van der Waals surface area (Å²) in [6, 6.07) is 13.8. The van der Waals surface area contributed by atoms with Crippen molar-refractivity contribution in [3.05, 3.63) is 59.7 Å². The molecule has 1 aliphatic carbocycles. The number of alkyl carbamates (subject to hydrolysis) is 1. The van der Waals surface area contributed by atoms with Crippen molar-refractivity contribution < 1.29 is 48.6 Å². The molecular weight excluding hydrogens is 465 g/mol. The van der Waals surface area contributed by atoms with Crippen molar-refractivity contribution in [1.82, 2.24) is 5.32 Å². The van der Waals surface area contributed by atoms with Gasteiger partial charge in [0.2, 0.25) is 0 Å². The van der Waals surface area contributed by atoms with E-state index in [-0.39, 0.29) is 12.5 Å². The number of nitrogens with one attached hydrogen (secondary N) is 1. The van der Waals surface area contributed by atoms with E-state index in [9.17, 15) is 34.4 Å². The number of hydrogen-bond acceptors (Lipinski definition) is 8. The van der Waals surface area contributed by atoms with Crippen LogP contribution in [0.25, 0.3) is 11.1 Å². The Morgan fingerprint density at radius 2 is 1.63 bits per heavy atom. The Morgan fingerprint density at radius 3 is 2.20 bits per heavy atom. The molecule has 5 N–H and O–H groups in total. The van der Waals surface area contributed by atoms with E-state index >= 15 is 0 Å². The van der Waals surface area contributed by atoms with E-state index in [0.29, 0.717) is 0 Å². The van der Waals surface area contributed by atoms with Crippen LogP contribution in [0, 0.1) is 0 Å². The van der Waals surface area contributed by atoms with Crippen LogP contribution in [-0.2, 0) is 19.0 Å². The average Bonchev–Trinajstić information content (AvgIpc) is 3.18. The van der Waals surface area contributed by atoms with Crippen LogP contribution in [-0.4, -0.2) is 89.1 Å². The number of carbonyl (C=O) groups excluding carboxylic acids is 1. The van der Waals surface area contributed by atoms with Gasteiger partial charge in [-0.1, -0.05) is 48.5 Å². The highest BCUT2D eigenvalue weighted by atomic mass is 19.1. The first-order chi connectivity index (χ1) is 16.8. The minimum atomic E-state index is -2.20. The van der Waals surface area contributed by atoms with Crippen LogP contribution in [0.15, 0.2) is 48.5 Å². The molecule has 1 saturated heterocycles. The molecule has 11 heteroatoms. The van der Waals surface area contributed by atoms with Gasteiger partial charge in [-0.15, -0.1) is 0 Å². The summed E-state index contributed by atoms with van der Waals surface area (Å²) in [6.45, 7) is -1.47. The molecule has 2 aliphatic rings. The van der Waals surface area contributed by atoms with E-state index in [2.05, 4.69) is 5.32 Å². The number of aliphatic hydroxyl groups is 3. The molecule has 0 spiro atoms. The number of carboxylic acids is 1. The van der Waals surface area contributed by atoms with E-state index in [1.807, 2.05) is 48.5 Å². The topological polar surface area (TPSA) is 155 Å². The van der Waals surface area contributed by atoms with Crippen LogP contribution in [0.1, 0.15) is 17.0 Å². The molecule has 2 aromatic rings. The summed E-state index contributed by atoms with van der Waals surface area (Å²) >= 11 is 0. The number of benzene rings is 2. The number of carbonyl (C=O) groups is 2. The summed E-state index contributed by atoms with van der Waals surface area (Å²) in [7, 11) is 0. The molecule has 1 fully saturated rings. The lowest BCUT2D eigenvalue weighted by Crippen LogP contribution is -2.58. The van der Waals surface area contributed by atoms with Crippen molar-refractivity contribution >= 4 is 12.1 Å². The van der Waals surface area contributed by atoms with Crippen molar-refractivity contribution in [3.8, 4) is 11.1 Å². The van der Waals surface area contributed by atoms with Gasteiger partial charge >= 0.3 is 12.1 Å². The second kappa shape index (κ2) is 10.7. The van der Waals surface area contributed by atoms with Gasteiger partial charge in [-0.3, -0.25) is 0 Å². The second-order valence-electron chi connectivity index (χ2n) is 8.35. The first-order valence-electron chi connectivity index (χ1n) is 11.0. The van der Waals surface area contributed by atoms with Crippen LogP contribution >= 0.6 is 0 Å². The van der Waals surface area contributed by atoms with Gasteiger partial charge in [-0.05, 0) is 22.3 Å². The van der Waals surface area contributed by atoms with E-state index in [1.54, 1.807) is 0 Å². The molecular formula is C24H26FNO9. The van der Waals surface area contributed by atoms with E-state index < -0.39 is 62.1 Å². The van der Waals surface area contributed by atoms with Gasteiger partial charge in [0.1, 0.15) is 24.9 Å². The van der Waals surface area contributed by atoms with Gasteiger partial charge < -0.3 is 40.0 Å². The summed E-state index contributed by atoms with van der Waals surface area (Å²) in [5.41, 5.74) is 4.05. The molecule has 1 aliphatic heterocycles. The standard InChI is InChI=1S/C24H26FNO9/c25-19-21(29)20(28)18(9-27)35-23(19)33-11-17(22(30)31)26-24(32)34-10-16-14-7-3-1-5-12(14)13-6-2-4-8-15(13)16/h1-8,16-21,23,27-29H,9-11H2,(H,26,32)(H,30,31)/t17-,18+,19+,20+,21+,23-/m0/s1. The van der Waals surface area contributed by atoms with Crippen molar-refractivity contribution in [2.75, 3.05) is 19.8 Å². The number of carboxylic acid groups (broad SMARTS) is 1. The molecule has 4 rings (SSSR count). The normalized spacial score (nSPS) is 26.5. The fraction of sp³-hybridized carbons (Fsp3) is 0.417. The lowest BCUT2D eigenvalue weighted by Gasteiger charge is -2.38. The number of ether oxygens (including phenoxy) is 3. The zero-order valence-electron chi connectivity index (χ0n) is 18.5. The van der Waals surface area contributed by atoms with Crippen LogP contribution in [0.4, 0.5) is 9.18 Å². The van der Waals surface area contributed by atoms with Gasteiger partial charge in [-0.25, -0.2) is 14.0 Å². The highest BCUT2D eigenvalue weighted by Crippen LogP contribution is 2.44. The van der Waals surface area contributed by atoms with Gasteiger partial charge in [0.05, 0.1) is 13.2 Å². The van der Waals surface area contributed by atoms with Gasteiger partial charge in [0.25, 0.3) is 0 Å². The Bertz CT molecular complexity index is 1020. The lowest BCUT2D eigenvalue weighted by atomic mass is 9.98. The third kappa shape index (κ3) is 5.14. The maximum absolute atomic E-state index is 14.3. The molecule has 35 heavy (non-hydrogen) atoms. The Morgan fingerprint density at radius 1 is 1.03 bits per heavy atom. The van der Waals surface area contributed by atoms with E-state index in [4.69, 9.17) is 14.2 Å². The number of amides is 1. The minimum absolute atomic E-state index is 0.0341. The highest BCUT2D eigenvalue weighted by Gasteiger charge is 2.45. The fourth-order valence-corrected chi connectivity index (χ4v) is 4.33. The summed E-state index contributed by atoms with van der Waals surface area (Å²) in [6.07, 6.45) is -9.85. The van der Waals surface area contributed by atoms with Gasteiger partial charge in [-0.2, -0.15) is 0 Å². The zero-order chi connectivity index (χ0) is 25.1. The first-order valence-corrected chi connectivity index (χ1v) is 11.0. The molecule has 6 atom stereocenters. The number of rotatable bonds is 8. The number of aliphatic hydroxyl groups excluding tert-OH is 3. The Kier molecular flexibility index (Phi) is 7.63. The number of halogens is 1. The molecule has 188 valence electrons. The van der Waals surface area contributed by atoms with Crippen molar-refractivity contribution in [2.45, 2.75) is 42.7 Å². The minimum Gasteiger partial charge on any atom is -0.480 e. The third-order valence-electron chi connectivity index (χ3n) is 6.17. The molecule has 0 saturated carbocycles. The number of alkyl halides is 1. The van der Waals surface area contributed by atoms with Crippen LogP contribution < -0.4 is 5.32 Å². The highest BCUT2D eigenvalue weighted by molar-refractivity contribution is 5.81. The largest absolute Gasteiger partial charge is 0.480 e.